The van der Waals surface area contributed by atoms with E-state index in [0.29, 0.717) is 33.7 Å². The van der Waals surface area contributed by atoms with Crippen LogP contribution in [0.15, 0.2) is 58.2 Å². The average molecular weight is 534 g/mol. The van der Waals surface area contributed by atoms with Crippen molar-refractivity contribution in [3.05, 3.63) is 74.9 Å². The molecule has 1 aromatic heterocycles. The van der Waals surface area contributed by atoms with E-state index in [-0.39, 0.29) is 11.5 Å². The molecule has 192 valence electrons. The number of fused-ring (bicyclic) bond motifs is 1. The number of hydrogen-bond donors (Lipinski definition) is 0. The molecule has 5 rings (SSSR count). The van der Waals surface area contributed by atoms with Gasteiger partial charge >= 0.3 is 0 Å². The zero-order chi connectivity index (χ0) is 26.1. The second-order valence-electron chi connectivity index (χ2n) is 9.74. The van der Waals surface area contributed by atoms with Crippen molar-refractivity contribution in [3.63, 3.8) is 0 Å². The van der Waals surface area contributed by atoms with Crippen LogP contribution in [0.4, 0.5) is 5.69 Å². The van der Waals surface area contributed by atoms with Gasteiger partial charge in [-0.25, -0.2) is 0 Å². The minimum absolute atomic E-state index is 0.101. The highest BCUT2D eigenvalue weighted by molar-refractivity contribution is 8.26. The summed E-state index contributed by atoms with van der Waals surface area (Å²) in [6, 6.07) is 15.8. The summed E-state index contributed by atoms with van der Waals surface area (Å²) in [5.74, 6) is 1.32. The molecule has 0 saturated carbocycles. The Balaban J connectivity index is 1.49. The van der Waals surface area contributed by atoms with Gasteiger partial charge in [0.2, 0.25) is 0 Å². The van der Waals surface area contributed by atoms with Gasteiger partial charge in [0.15, 0.2) is 0 Å². The Bertz CT molecular complexity index is 1440. The molecule has 2 saturated heterocycles. The van der Waals surface area contributed by atoms with Crippen LogP contribution in [0.5, 0.6) is 5.75 Å². The number of carbonyl (C=O) groups is 1. The number of piperidine rings is 1. The van der Waals surface area contributed by atoms with Crippen molar-refractivity contribution in [1.82, 2.24) is 9.47 Å². The van der Waals surface area contributed by atoms with Crippen LogP contribution in [0.1, 0.15) is 30.9 Å². The molecule has 0 N–H and O–H groups in total. The van der Waals surface area contributed by atoms with Crippen molar-refractivity contribution >= 4 is 56.9 Å². The summed E-state index contributed by atoms with van der Waals surface area (Å²) in [6.45, 7) is 4.54. The maximum absolute atomic E-state index is 13.6. The van der Waals surface area contributed by atoms with Gasteiger partial charge in [0, 0.05) is 32.1 Å². The first kappa shape index (κ1) is 25.5. The molecule has 6 nitrogen and oxygen atoms in total. The summed E-state index contributed by atoms with van der Waals surface area (Å²) in [7, 11) is 3.44. The Kier molecular flexibility index (Phi) is 7.40. The van der Waals surface area contributed by atoms with Crippen molar-refractivity contribution in [1.29, 1.82) is 0 Å². The second kappa shape index (κ2) is 10.7. The van der Waals surface area contributed by atoms with Crippen LogP contribution in [0.3, 0.4) is 0 Å². The molecular weight excluding hydrogens is 502 g/mol. The lowest BCUT2D eigenvalue weighted by molar-refractivity contribution is -0.122. The minimum Gasteiger partial charge on any atom is -0.497 e. The number of carbonyl (C=O) groups excluding carboxylic acids is 1. The molecule has 8 heteroatoms. The van der Waals surface area contributed by atoms with Gasteiger partial charge in [-0.3, -0.25) is 14.5 Å². The standard InChI is InChI=1S/C29H31N3O3S2/c1-19-12-15-31(16-13-19)26-22-6-4-5-7-24(22)30(2)27(33)23(26)18-25-28(34)32(29(36)37-25)17-14-20-8-10-21(35-3)11-9-20/h4-11,18-19H,12-17H2,1-3H3. The summed E-state index contributed by atoms with van der Waals surface area (Å²) in [5.41, 5.74) is 3.38. The third kappa shape index (κ3) is 5.05. The largest absolute Gasteiger partial charge is 0.497 e. The van der Waals surface area contributed by atoms with E-state index in [2.05, 4.69) is 17.9 Å². The predicted molar refractivity (Wildman–Crippen MR) is 156 cm³/mol. The normalized spacial score (nSPS) is 17.9. The first-order chi connectivity index (χ1) is 17.9. The van der Waals surface area contributed by atoms with Crippen LogP contribution in [-0.4, -0.2) is 46.4 Å². The molecule has 2 aromatic carbocycles. The molecule has 0 unspecified atom stereocenters. The lowest BCUT2D eigenvalue weighted by Crippen LogP contribution is -2.35. The van der Waals surface area contributed by atoms with E-state index in [1.165, 1.54) is 11.8 Å². The summed E-state index contributed by atoms with van der Waals surface area (Å²) >= 11 is 6.86. The van der Waals surface area contributed by atoms with Gasteiger partial charge in [0.1, 0.15) is 10.1 Å². The van der Waals surface area contributed by atoms with Crippen molar-refractivity contribution in [2.45, 2.75) is 26.2 Å². The summed E-state index contributed by atoms with van der Waals surface area (Å²) < 4.78 is 7.43. The Hall–Kier alpha value is -3.10. The van der Waals surface area contributed by atoms with Crippen LogP contribution < -0.4 is 15.2 Å². The fraction of sp³-hybridized carbons (Fsp3) is 0.345. The molecule has 2 fully saturated rings. The molecular formula is C29H31N3O3S2. The maximum Gasteiger partial charge on any atom is 0.266 e. The highest BCUT2D eigenvalue weighted by Crippen LogP contribution is 2.37. The second-order valence-corrected chi connectivity index (χ2v) is 11.4. The van der Waals surface area contributed by atoms with E-state index >= 15 is 0 Å². The molecule has 3 aromatic rings. The number of para-hydroxylation sites is 1. The van der Waals surface area contributed by atoms with E-state index < -0.39 is 0 Å². The highest BCUT2D eigenvalue weighted by Gasteiger charge is 2.33. The number of amides is 1. The van der Waals surface area contributed by atoms with Crippen molar-refractivity contribution in [3.8, 4) is 5.75 Å². The van der Waals surface area contributed by atoms with E-state index in [1.807, 2.05) is 42.5 Å². The predicted octanol–water partition coefficient (Wildman–Crippen LogP) is 5.23. The smallest absolute Gasteiger partial charge is 0.266 e. The molecule has 0 radical (unpaired) electrons. The van der Waals surface area contributed by atoms with Crippen LogP contribution in [-0.2, 0) is 18.3 Å². The molecule has 0 spiro atoms. The maximum atomic E-state index is 13.6. The Morgan fingerprint density at radius 3 is 2.49 bits per heavy atom. The summed E-state index contributed by atoms with van der Waals surface area (Å²) in [5, 5.41) is 1.03. The van der Waals surface area contributed by atoms with Crippen LogP contribution in [0.25, 0.3) is 17.0 Å². The van der Waals surface area contributed by atoms with Crippen molar-refractivity contribution in [2.75, 3.05) is 31.6 Å². The van der Waals surface area contributed by atoms with Crippen LogP contribution in [0.2, 0.25) is 0 Å². The number of thioether (sulfide) groups is 1. The quantitative estimate of drug-likeness (QED) is 0.320. The van der Waals surface area contributed by atoms with Crippen molar-refractivity contribution < 1.29 is 9.53 Å². The third-order valence-corrected chi connectivity index (χ3v) is 8.72. The van der Waals surface area contributed by atoms with Gasteiger partial charge in [-0.1, -0.05) is 61.2 Å². The number of pyridine rings is 1. The summed E-state index contributed by atoms with van der Waals surface area (Å²) in [4.78, 5) is 31.5. The van der Waals surface area contributed by atoms with Gasteiger partial charge in [-0.15, -0.1) is 0 Å². The molecule has 3 heterocycles. The first-order valence-electron chi connectivity index (χ1n) is 12.6. The SMILES string of the molecule is COc1ccc(CCN2C(=O)C(=Cc3c(N4CCC(C)CC4)c4ccccc4n(C)c3=O)SC2=S)cc1. The number of nitrogens with zero attached hydrogens (tertiary/aromatic N) is 3. The van der Waals surface area contributed by atoms with Crippen LogP contribution in [0, 0.1) is 5.92 Å². The number of aromatic nitrogens is 1. The molecule has 37 heavy (non-hydrogen) atoms. The minimum atomic E-state index is -0.142. The fourth-order valence-electron chi connectivity index (χ4n) is 5.06. The molecule has 0 aliphatic carbocycles. The van der Waals surface area contributed by atoms with E-state index in [4.69, 9.17) is 17.0 Å². The lowest BCUT2D eigenvalue weighted by Gasteiger charge is -2.34. The number of anilines is 1. The monoisotopic (exact) mass is 533 g/mol. The van der Waals surface area contributed by atoms with Gasteiger partial charge in [-0.05, 0) is 55.0 Å². The number of aryl methyl sites for hydroxylation is 1. The van der Waals surface area contributed by atoms with E-state index in [0.717, 1.165) is 53.8 Å². The lowest BCUT2D eigenvalue weighted by atomic mass is 9.97. The van der Waals surface area contributed by atoms with Crippen LogP contribution >= 0.6 is 24.0 Å². The first-order valence-corrected chi connectivity index (χ1v) is 13.8. The number of thiocarbonyl (C=S) groups is 1. The van der Waals surface area contributed by atoms with E-state index in [9.17, 15) is 9.59 Å². The number of ether oxygens (including phenoxy) is 1. The third-order valence-electron chi connectivity index (χ3n) is 7.34. The summed E-state index contributed by atoms with van der Waals surface area (Å²) in [6.07, 6.45) is 4.61. The molecule has 0 bridgehead atoms. The number of methoxy groups -OCH3 is 1. The Morgan fingerprint density at radius 1 is 1.08 bits per heavy atom. The fourth-order valence-corrected chi connectivity index (χ4v) is 6.35. The van der Waals surface area contributed by atoms with Gasteiger partial charge in [0.05, 0.1) is 28.8 Å². The van der Waals surface area contributed by atoms with Gasteiger partial charge < -0.3 is 14.2 Å². The Morgan fingerprint density at radius 2 is 1.78 bits per heavy atom. The zero-order valence-electron chi connectivity index (χ0n) is 21.4. The topological polar surface area (TPSA) is 54.8 Å². The van der Waals surface area contributed by atoms with E-state index in [1.54, 1.807) is 29.7 Å². The average Bonchev–Trinajstić information content (AvgIpc) is 3.18. The van der Waals surface area contributed by atoms with Gasteiger partial charge in [0.25, 0.3) is 11.5 Å². The molecule has 2 aliphatic heterocycles. The van der Waals surface area contributed by atoms with Gasteiger partial charge in [-0.2, -0.15) is 0 Å². The van der Waals surface area contributed by atoms with Crippen molar-refractivity contribution in [2.24, 2.45) is 13.0 Å². The number of rotatable bonds is 6. The Labute approximate surface area is 226 Å². The highest BCUT2D eigenvalue weighted by atomic mass is 32.2. The molecule has 2 aliphatic rings. The molecule has 0 atom stereocenters. The molecule has 1 amide bonds. The zero-order valence-corrected chi connectivity index (χ0v) is 23.0. The number of hydrogen-bond acceptors (Lipinski definition) is 6. The number of benzene rings is 2.